The molecule has 0 aliphatic heterocycles. The van der Waals surface area contributed by atoms with Crippen molar-refractivity contribution < 1.29 is 4.74 Å². The molecule has 0 fully saturated rings. The van der Waals surface area contributed by atoms with E-state index in [0.717, 1.165) is 30.1 Å². The Bertz CT molecular complexity index is 543. The molecule has 0 aliphatic carbocycles. The number of hydrogen-bond acceptors (Lipinski definition) is 3. The summed E-state index contributed by atoms with van der Waals surface area (Å²) in [6.07, 6.45) is 1.02. The summed E-state index contributed by atoms with van der Waals surface area (Å²) in [6.45, 7) is 7.70. The molecule has 2 rings (SSSR count). The van der Waals surface area contributed by atoms with Crippen molar-refractivity contribution in [1.29, 1.82) is 0 Å². The first-order chi connectivity index (χ1) is 9.11. The smallest absolute Gasteiger partial charge is 0.119 e. The van der Waals surface area contributed by atoms with Crippen LogP contribution in [-0.2, 0) is 13.0 Å². The molecular weight excluding hydrogens is 238 g/mol. The molecule has 2 N–H and O–H groups in total. The van der Waals surface area contributed by atoms with Gasteiger partial charge >= 0.3 is 0 Å². The zero-order valence-corrected chi connectivity index (χ0v) is 11.8. The van der Waals surface area contributed by atoms with E-state index in [-0.39, 0.29) is 0 Å². The van der Waals surface area contributed by atoms with Gasteiger partial charge in [-0.25, -0.2) is 0 Å². The zero-order valence-electron chi connectivity index (χ0n) is 11.8. The van der Waals surface area contributed by atoms with Crippen molar-refractivity contribution in [2.24, 2.45) is 0 Å². The Kier molecular flexibility index (Phi) is 4.10. The third kappa shape index (κ3) is 3.08. The van der Waals surface area contributed by atoms with Crippen molar-refractivity contribution >= 4 is 5.69 Å². The van der Waals surface area contributed by atoms with Crippen LogP contribution in [0.25, 0.3) is 0 Å². The molecule has 0 spiro atoms. The molecule has 0 saturated heterocycles. The van der Waals surface area contributed by atoms with Gasteiger partial charge in [-0.1, -0.05) is 6.92 Å². The number of benzene rings is 1. The van der Waals surface area contributed by atoms with Gasteiger partial charge in [-0.05, 0) is 50.1 Å². The van der Waals surface area contributed by atoms with E-state index in [1.54, 1.807) is 0 Å². The molecule has 0 amide bonds. The molecule has 4 heteroatoms. The molecule has 1 aromatic carbocycles. The molecule has 0 unspecified atom stereocenters. The lowest BCUT2D eigenvalue weighted by molar-refractivity contribution is 0.289. The minimum absolute atomic E-state index is 0.606. The van der Waals surface area contributed by atoms with Crippen LogP contribution in [0.3, 0.4) is 0 Å². The number of hydrogen-bond donors (Lipinski definition) is 1. The second-order valence-electron chi connectivity index (χ2n) is 4.64. The third-order valence-electron chi connectivity index (χ3n) is 3.34. The van der Waals surface area contributed by atoms with Crippen molar-refractivity contribution in [2.75, 3.05) is 12.3 Å². The quantitative estimate of drug-likeness (QED) is 0.840. The number of nitrogens with zero attached hydrogens (tertiary/aromatic N) is 2. The first-order valence-corrected chi connectivity index (χ1v) is 6.63. The van der Waals surface area contributed by atoms with Crippen LogP contribution in [-0.4, -0.2) is 16.4 Å². The largest absolute Gasteiger partial charge is 0.492 e. The number of aromatic nitrogens is 2. The van der Waals surface area contributed by atoms with E-state index in [4.69, 9.17) is 10.5 Å². The average Bonchev–Trinajstić information content (AvgIpc) is 2.66. The molecule has 102 valence electrons. The summed E-state index contributed by atoms with van der Waals surface area (Å²) >= 11 is 0. The highest BCUT2D eigenvalue weighted by atomic mass is 16.5. The molecule has 1 aromatic heterocycles. The summed E-state index contributed by atoms with van der Waals surface area (Å²) in [7, 11) is 0. The standard InChI is InChI=1S/C15H21N3O/c1-4-15-11(2)17-18(12(15)3)9-10-19-14-7-5-13(16)6-8-14/h5-8H,4,9-10,16H2,1-3H3. The molecule has 0 radical (unpaired) electrons. The van der Waals surface area contributed by atoms with Gasteiger partial charge in [0.15, 0.2) is 0 Å². The number of rotatable bonds is 5. The Morgan fingerprint density at radius 3 is 2.47 bits per heavy atom. The van der Waals surface area contributed by atoms with Crippen molar-refractivity contribution in [3.8, 4) is 5.75 Å². The second kappa shape index (κ2) is 5.78. The molecule has 0 saturated carbocycles. The van der Waals surface area contributed by atoms with Crippen LogP contribution in [0, 0.1) is 13.8 Å². The molecule has 0 aliphatic rings. The fourth-order valence-corrected chi connectivity index (χ4v) is 2.28. The highest BCUT2D eigenvalue weighted by Crippen LogP contribution is 2.15. The van der Waals surface area contributed by atoms with Crippen molar-refractivity contribution in [3.63, 3.8) is 0 Å². The van der Waals surface area contributed by atoms with Crippen molar-refractivity contribution in [3.05, 3.63) is 41.2 Å². The van der Waals surface area contributed by atoms with Crippen LogP contribution in [0.15, 0.2) is 24.3 Å². The average molecular weight is 259 g/mol. The highest BCUT2D eigenvalue weighted by molar-refractivity contribution is 5.41. The van der Waals surface area contributed by atoms with Gasteiger partial charge in [0, 0.05) is 11.4 Å². The van der Waals surface area contributed by atoms with Gasteiger partial charge < -0.3 is 10.5 Å². The maximum atomic E-state index is 5.69. The van der Waals surface area contributed by atoms with Gasteiger partial charge in [0.1, 0.15) is 12.4 Å². The number of ether oxygens (including phenoxy) is 1. The fourth-order valence-electron chi connectivity index (χ4n) is 2.28. The normalized spacial score (nSPS) is 10.7. The third-order valence-corrected chi connectivity index (χ3v) is 3.34. The molecule has 4 nitrogen and oxygen atoms in total. The zero-order chi connectivity index (χ0) is 13.8. The summed E-state index contributed by atoms with van der Waals surface area (Å²) in [4.78, 5) is 0. The Balaban J connectivity index is 1.94. The Morgan fingerprint density at radius 2 is 1.89 bits per heavy atom. The van der Waals surface area contributed by atoms with Gasteiger partial charge in [0.05, 0.1) is 12.2 Å². The first kappa shape index (κ1) is 13.5. The van der Waals surface area contributed by atoms with Crippen LogP contribution in [0.4, 0.5) is 5.69 Å². The Hall–Kier alpha value is -1.97. The van der Waals surface area contributed by atoms with Crippen molar-refractivity contribution in [1.82, 2.24) is 9.78 Å². The van der Waals surface area contributed by atoms with E-state index in [1.807, 2.05) is 28.9 Å². The van der Waals surface area contributed by atoms with Gasteiger partial charge in [0.2, 0.25) is 0 Å². The number of nitrogen functional groups attached to an aromatic ring is 1. The first-order valence-electron chi connectivity index (χ1n) is 6.63. The lowest BCUT2D eigenvalue weighted by atomic mass is 10.1. The SMILES string of the molecule is CCc1c(C)nn(CCOc2ccc(N)cc2)c1C. The second-order valence-corrected chi connectivity index (χ2v) is 4.64. The molecule has 0 bridgehead atoms. The number of nitrogens with two attached hydrogens (primary N) is 1. The summed E-state index contributed by atoms with van der Waals surface area (Å²) in [5.74, 6) is 0.839. The van der Waals surface area contributed by atoms with E-state index in [9.17, 15) is 0 Å². The van der Waals surface area contributed by atoms with E-state index < -0.39 is 0 Å². The van der Waals surface area contributed by atoms with E-state index >= 15 is 0 Å². The lowest BCUT2D eigenvalue weighted by Crippen LogP contribution is -2.11. The van der Waals surface area contributed by atoms with Gasteiger partial charge in [-0.2, -0.15) is 5.10 Å². The number of anilines is 1. The minimum Gasteiger partial charge on any atom is -0.492 e. The van der Waals surface area contributed by atoms with Gasteiger partial charge in [0.25, 0.3) is 0 Å². The van der Waals surface area contributed by atoms with E-state index in [2.05, 4.69) is 25.9 Å². The molecule has 2 aromatic rings. The van der Waals surface area contributed by atoms with Gasteiger partial charge in [-0.15, -0.1) is 0 Å². The Morgan fingerprint density at radius 1 is 1.21 bits per heavy atom. The summed E-state index contributed by atoms with van der Waals surface area (Å²) in [5, 5.41) is 4.54. The monoisotopic (exact) mass is 259 g/mol. The van der Waals surface area contributed by atoms with E-state index in [0.29, 0.717) is 6.61 Å². The van der Waals surface area contributed by atoms with Crippen LogP contribution < -0.4 is 10.5 Å². The molecular formula is C15H21N3O. The maximum absolute atomic E-state index is 5.69. The number of aryl methyl sites for hydroxylation is 1. The molecule has 19 heavy (non-hydrogen) atoms. The maximum Gasteiger partial charge on any atom is 0.119 e. The highest BCUT2D eigenvalue weighted by Gasteiger charge is 2.09. The summed E-state index contributed by atoms with van der Waals surface area (Å²) < 4.78 is 7.71. The van der Waals surface area contributed by atoms with Gasteiger partial charge in [-0.3, -0.25) is 4.68 Å². The van der Waals surface area contributed by atoms with Crippen LogP contribution in [0.2, 0.25) is 0 Å². The summed E-state index contributed by atoms with van der Waals surface area (Å²) in [5.41, 5.74) is 10.1. The molecule has 1 heterocycles. The van der Waals surface area contributed by atoms with Crippen molar-refractivity contribution in [2.45, 2.75) is 33.7 Å². The van der Waals surface area contributed by atoms with Crippen LogP contribution in [0.1, 0.15) is 23.9 Å². The summed E-state index contributed by atoms with van der Waals surface area (Å²) in [6, 6.07) is 7.45. The molecule has 0 atom stereocenters. The lowest BCUT2D eigenvalue weighted by Gasteiger charge is -2.08. The minimum atomic E-state index is 0.606. The predicted octanol–water partition coefficient (Wildman–Crippen LogP) is 2.72. The van der Waals surface area contributed by atoms with E-state index in [1.165, 1.54) is 11.3 Å². The Labute approximate surface area is 114 Å². The van der Waals surface area contributed by atoms with Crippen LogP contribution in [0.5, 0.6) is 5.75 Å². The fraction of sp³-hybridized carbons (Fsp3) is 0.400. The van der Waals surface area contributed by atoms with Crippen LogP contribution >= 0.6 is 0 Å². The predicted molar refractivity (Wildman–Crippen MR) is 77.4 cm³/mol. The topological polar surface area (TPSA) is 53.1 Å².